The molecule has 2 aliphatic rings. The summed E-state index contributed by atoms with van der Waals surface area (Å²) in [6, 6.07) is 6.02. The van der Waals surface area contributed by atoms with Gasteiger partial charge >= 0.3 is 0 Å². The van der Waals surface area contributed by atoms with E-state index in [-0.39, 0.29) is 18.9 Å². The van der Waals surface area contributed by atoms with Crippen molar-refractivity contribution in [3.63, 3.8) is 0 Å². The second-order valence-corrected chi connectivity index (χ2v) is 5.85. The van der Waals surface area contributed by atoms with Crippen LogP contribution in [0.25, 0.3) is 0 Å². The Bertz CT molecular complexity index is 702. The van der Waals surface area contributed by atoms with Crippen LogP contribution < -0.4 is 9.47 Å². The van der Waals surface area contributed by atoms with Gasteiger partial charge in [0.25, 0.3) is 0 Å². The maximum absolute atomic E-state index is 5.65. The molecule has 2 aromatic rings. The first-order chi connectivity index (χ1) is 11.2. The van der Waals surface area contributed by atoms with Crippen molar-refractivity contribution in [2.24, 2.45) is 0 Å². The number of aryl methyl sites for hydroxylation is 1. The standard InChI is InChI=1S/C16H19N3O4/c1-10-17-18-16(23-10)13-6-12(20-2)8-19(13)7-11-4-3-5-14-15(11)22-9-21-14/h3-5,12-13H,6-9H2,1-2H3/t12-,13+/m0/s1. The molecule has 1 aromatic heterocycles. The Morgan fingerprint density at radius 1 is 1.30 bits per heavy atom. The smallest absolute Gasteiger partial charge is 0.233 e. The minimum atomic E-state index is 0.0549. The molecule has 1 aromatic carbocycles. The topological polar surface area (TPSA) is 69.9 Å². The Morgan fingerprint density at radius 3 is 3.00 bits per heavy atom. The summed E-state index contributed by atoms with van der Waals surface area (Å²) in [6.07, 6.45) is 0.992. The van der Waals surface area contributed by atoms with Crippen molar-refractivity contribution in [3.05, 3.63) is 35.5 Å². The number of methoxy groups -OCH3 is 1. The quantitative estimate of drug-likeness (QED) is 0.855. The van der Waals surface area contributed by atoms with Gasteiger partial charge in [0.15, 0.2) is 11.5 Å². The van der Waals surface area contributed by atoms with Crippen LogP contribution in [0.15, 0.2) is 22.6 Å². The van der Waals surface area contributed by atoms with Crippen molar-refractivity contribution in [2.45, 2.75) is 32.0 Å². The monoisotopic (exact) mass is 317 g/mol. The molecule has 122 valence electrons. The lowest BCUT2D eigenvalue weighted by Crippen LogP contribution is -2.25. The number of likely N-dealkylation sites (tertiary alicyclic amines) is 1. The molecule has 0 radical (unpaired) electrons. The van der Waals surface area contributed by atoms with Gasteiger partial charge in [0.1, 0.15) is 0 Å². The van der Waals surface area contributed by atoms with Gasteiger partial charge in [-0.3, -0.25) is 4.90 Å². The maximum atomic E-state index is 5.65. The van der Waals surface area contributed by atoms with E-state index in [1.807, 2.05) is 12.1 Å². The molecule has 0 N–H and O–H groups in total. The number of ether oxygens (including phenoxy) is 3. The highest BCUT2D eigenvalue weighted by atomic mass is 16.7. The van der Waals surface area contributed by atoms with Crippen molar-refractivity contribution in [3.8, 4) is 11.5 Å². The minimum Gasteiger partial charge on any atom is -0.454 e. The Morgan fingerprint density at radius 2 is 2.22 bits per heavy atom. The number of hydrogen-bond donors (Lipinski definition) is 0. The summed E-state index contributed by atoms with van der Waals surface area (Å²) in [5.41, 5.74) is 1.10. The van der Waals surface area contributed by atoms with Gasteiger partial charge in [-0.15, -0.1) is 10.2 Å². The average molecular weight is 317 g/mol. The average Bonchev–Trinajstić information content (AvgIpc) is 3.26. The molecule has 0 aliphatic carbocycles. The summed E-state index contributed by atoms with van der Waals surface area (Å²) in [4.78, 5) is 2.29. The van der Waals surface area contributed by atoms with E-state index in [9.17, 15) is 0 Å². The van der Waals surface area contributed by atoms with Gasteiger partial charge in [0.05, 0.1) is 12.1 Å². The van der Waals surface area contributed by atoms with Crippen LogP contribution in [0.1, 0.15) is 29.8 Å². The molecular weight excluding hydrogens is 298 g/mol. The highest BCUT2D eigenvalue weighted by Crippen LogP contribution is 2.39. The van der Waals surface area contributed by atoms with Crippen molar-refractivity contribution in [1.29, 1.82) is 0 Å². The molecule has 1 saturated heterocycles. The molecule has 23 heavy (non-hydrogen) atoms. The van der Waals surface area contributed by atoms with E-state index in [0.717, 1.165) is 36.6 Å². The molecule has 7 nitrogen and oxygen atoms in total. The fraction of sp³-hybridized carbons (Fsp3) is 0.500. The summed E-state index contributed by atoms with van der Waals surface area (Å²) in [5.74, 6) is 2.86. The molecule has 0 spiro atoms. The Balaban J connectivity index is 1.60. The molecule has 7 heteroatoms. The summed E-state index contributed by atoms with van der Waals surface area (Å²) in [5, 5.41) is 8.14. The summed E-state index contributed by atoms with van der Waals surface area (Å²) >= 11 is 0. The molecule has 2 atom stereocenters. The number of fused-ring (bicyclic) bond motifs is 1. The Hall–Kier alpha value is -2.12. The SMILES string of the molecule is CO[C@H]1C[C@H](c2nnc(C)o2)N(Cc2cccc3c2OCO3)C1. The lowest BCUT2D eigenvalue weighted by Gasteiger charge is -2.22. The minimum absolute atomic E-state index is 0.0549. The Kier molecular flexibility index (Phi) is 3.66. The summed E-state index contributed by atoms with van der Waals surface area (Å²) in [7, 11) is 1.74. The van der Waals surface area contributed by atoms with Gasteiger partial charge < -0.3 is 18.6 Å². The van der Waals surface area contributed by atoms with Crippen molar-refractivity contribution in [1.82, 2.24) is 15.1 Å². The van der Waals surface area contributed by atoms with Crippen LogP contribution in [-0.2, 0) is 11.3 Å². The zero-order valence-electron chi connectivity index (χ0n) is 13.2. The molecule has 0 amide bonds. The van der Waals surface area contributed by atoms with Gasteiger partial charge in [0.2, 0.25) is 18.6 Å². The van der Waals surface area contributed by atoms with Gasteiger partial charge in [-0.1, -0.05) is 12.1 Å². The molecule has 0 unspecified atom stereocenters. The van der Waals surface area contributed by atoms with E-state index >= 15 is 0 Å². The zero-order valence-corrected chi connectivity index (χ0v) is 13.2. The first-order valence-electron chi connectivity index (χ1n) is 7.69. The molecule has 1 fully saturated rings. The van der Waals surface area contributed by atoms with E-state index in [4.69, 9.17) is 18.6 Å². The van der Waals surface area contributed by atoms with Crippen LogP contribution in [-0.4, -0.2) is 41.6 Å². The number of rotatable bonds is 4. The predicted octanol–water partition coefficient (Wildman–Crippen LogP) is 2.07. The highest BCUT2D eigenvalue weighted by molar-refractivity contribution is 5.48. The Labute approximate surface area is 134 Å². The van der Waals surface area contributed by atoms with Crippen molar-refractivity contribution >= 4 is 0 Å². The lowest BCUT2D eigenvalue weighted by molar-refractivity contribution is 0.107. The predicted molar refractivity (Wildman–Crippen MR) is 80.2 cm³/mol. The third-order valence-corrected chi connectivity index (χ3v) is 4.38. The largest absolute Gasteiger partial charge is 0.454 e. The van der Waals surface area contributed by atoms with Crippen LogP contribution in [0, 0.1) is 6.92 Å². The maximum Gasteiger partial charge on any atom is 0.233 e. The van der Waals surface area contributed by atoms with E-state index in [0.29, 0.717) is 11.8 Å². The third-order valence-electron chi connectivity index (χ3n) is 4.38. The second kappa shape index (κ2) is 5.82. The first-order valence-corrected chi connectivity index (χ1v) is 7.69. The van der Waals surface area contributed by atoms with E-state index < -0.39 is 0 Å². The van der Waals surface area contributed by atoms with Gasteiger partial charge in [0, 0.05) is 32.7 Å². The van der Waals surface area contributed by atoms with Crippen LogP contribution in [0.5, 0.6) is 11.5 Å². The van der Waals surface area contributed by atoms with Gasteiger partial charge in [-0.2, -0.15) is 0 Å². The summed E-state index contributed by atoms with van der Waals surface area (Å²) in [6.45, 7) is 3.61. The van der Waals surface area contributed by atoms with Crippen LogP contribution in [0.3, 0.4) is 0 Å². The van der Waals surface area contributed by atoms with Crippen LogP contribution in [0.2, 0.25) is 0 Å². The fourth-order valence-electron chi connectivity index (χ4n) is 3.24. The third kappa shape index (κ3) is 2.66. The molecule has 4 rings (SSSR count). The molecule has 2 aliphatic heterocycles. The summed E-state index contributed by atoms with van der Waals surface area (Å²) < 4.78 is 22.2. The number of nitrogens with zero attached hydrogens (tertiary/aromatic N) is 3. The molecule has 0 bridgehead atoms. The first kappa shape index (κ1) is 14.5. The van der Waals surface area contributed by atoms with Gasteiger partial charge in [-0.05, 0) is 12.5 Å². The van der Waals surface area contributed by atoms with E-state index in [2.05, 4.69) is 21.2 Å². The number of aromatic nitrogens is 2. The van der Waals surface area contributed by atoms with Crippen molar-refractivity contribution in [2.75, 3.05) is 20.4 Å². The molecular formula is C16H19N3O4. The molecule has 3 heterocycles. The number of hydrogen-bond acceptors (Lipinski definition) is 7. The van der Waals surface area contributed by atoms with Crippen LogP contribution >= 0.6 is 0 Å². The number of para-hydroxylation sites is 1. The lowest BCUT2D eigenvalue weighted by atomic mass is 10.1. The van der Waals surface area contributed by atoms with Crippen molar-refractivity contribution < 1.29 is 18.6 Å². The second-order valence-electron chi connectivity index (χ2n) is 5.85. The van der Waals surface area contributed by atoms with Gasteiger partial charge in [-0.25, -0.2) is 0 Å². The fourth-order valence-corrected chi connectivity index (χ4v) is 3.24. The zero-order chi connectivity index (χ0) is 15.8. The normalized spacial score (nSPS) is 23.6. The molecule has 0 saturated carbocycles. The van der Waals surface area contributed by atoms with E-state index in [1.54, 1.807) is 14.0 Å². The van der Waals surface area contributed by atoms with E-state index in [1.165, 1.54) is 0 Å². The highest BCUT2D eigenvalue weighted by Gasteiger charge is 2.37. The van der Waals surface area contributed by atoms with Crippen LogP contribution in [0.4, 0.5) is 0 Å². The number of benzene rings is 1.